The molecule has 0 saturated heterocycles. The minimum atomic E-state index is -0.402. The summed E-state index contributed by atoms with van der Waals surface area (Å²) in [6.45, 7) is 6.52. The second kappa shape index (κ2) is 10.1. The lowest BCUT2D eigenvalue weighted by atomic mass is 9.80. The van der Waals surface area contributed by atoms with Crippen molar-refractivity contribution in [1.29, 1.82) is 0 Å². The first-order valence-electron chi connectivity index (χ1n) is 7.00. The van der Waals surface area contributed by atoms with Crippen molar-refractivity contribution < 1.29 is 9.84 Å². The van der Waals surface area contributed by atoms with Crippen molar-refractivity contribution >= 4 is 12.6 Å². The summed E-state index contributed by atoms with van der Waals surface area (Å²) in [6, 6.07) is 0. The molecule has 0 spiro atoms. The number of aliphatic hydroxyl groups excluding tert-OH is 1. The van der Waals surface area contributed by atoms with Crippen LogP contribution in [-0.4, -0.2) is 55.7 Å². The van der Waals surface area contributed by atoms with E-state index >= 15 is 0 Å². The monoisotopic (exact) mass is 277 g/mol. The third-order valence-corrected chi connectivity index (χ3v) is 4.05. The maximum atomic E-state index is 9.76. The van der Waals surface area contributed by atoms with Crippen LogP contribution in [0.4, 0.5) is 0 Å². The van der Waals surface area contributed by atoms with Crippen molar-refractivity contribution in [3.05, 3.63) is 0 Å². The molecule has 0 fully saturated rings. The van der Waals surface area contributed by atoms with Crippen molar-refractivity contribution in [2.45, 2.75) is 45.6 Å². The highest BCUT2D eigenvalue weighted by Gasteiger charge is 2.28. The summed E-state index contributed by atoms with van der Waals surface area (Å²) in [6.07, 6.45) is 4.38. The summed E-state index contributed by atoms with van der Waals surface area (Å²) in [5, 5.41) is 9.76. The van der Waals surface area contributed by atoms with Crippen molar-refractivity contribution in [1.82, 2.24) is 4.90 Å². The van der Waals surface area contributed by atoms with Gasteiger partial charge in [0.15, 0.2) is 0 Å². The Morgan fingerprint density at radius 2 is 1.83 bits per heavy atom. The number of ether oxygens (including phenoxy) is 1. The lowest BCUT2D eigenvalue weighted by Crippen LogP contribution is -2.41. The molecule has 0 rings (SSSR count). The number of hydrogen-bond donors (Lipinski definition) is 2. The Morgan fingerprint density at radius 3 is 2.22 bits per heavy atom. The van der Waals surface area contributed by atoms with E-state index in [1.54, 1.807) is 7.11 Å². The van der Waals surface area contributed by atoms with Crippen molar-refractivity contribution in [2.24, 2.45) is 5.41 Å². The highest BCUT2D eigenvalue weighted by Crippen LogP contribution is 2.32. The highest BCUT2D eigenvalue weighted by molar-refractivity contribution is 7.80. The summed E-state index contributed by atoms with van der Waals surface area (Å²) in [5.41, 5.74) is 0.286. The lowest BCUT2D eigenvalue weighted by Gasteiger charge is -2.36. The summed E-state index contributed by atoms with van der Waals surface area (Å²) in [5.74, 6) is 0.916. The SMILES string of the molecule is CCCC(CS)(CCC)CN(C)CC(O)COC. The Balaban J connectivity index is 4.36. The zero-order valence-corrected chi connectivity index (χ0v) is 13.4. The molecular formula is C14H31NO2S. The van der Waals surface area contributed by atoms with Gasteiger partial charge in [-0.2, -0.15) is 12.6 Å². The molecule has 0 aliphatic carbocycles. The van der Waals surface area contributed by atoms with Crippen LogP contribution < -0.4 is 0 Å². The number of aliphatic hydroxyl groups is 1. The summed E-state index contributed by atoms with van der Waals surface area (Å²) < 4.78 is 4.96. The predicted molar refractivity (Wildman–Crippen MR) is 81.5 cm³/mol. The molecule has 0 aromatic heterocycles. The van der Waals surface area contributed by atoms with Crippen LogP contribution in [0, 0.1) is 5.41 Å². The molecule has 4 heteroatoms. The number of thiol groups is 1. The van der Waals surface area contributed by atoms with E-state index in [4.69, 9.17) is 4.74 Å². The van der Waals surface area contributed by atoms with E-state index in [1.165, 1.54) is 25.7 Å². The van der Waals surface area contributed by atoms with Gasteiger partial charge in [-0.3, -0.25) is 0 Å². The topological polar surface area (TPSA) is 32.7 Å². The molecule has 0 heterocycles. The maximum Gasteiger partial charge on any atom is 0.0899 e. The highest BCUT2D eigenvalue weighted by atomic mass is 32.1. The van der Waals surface area contributed by atoms with Crippen LogP contribution in [0.3, 0.4) is 0 Å². The van der Waals surface area contributed by atoms with Gasteiger partial charge in [-0.05, 0) is 31.1 Å². The largest absolute Gasteiger partial charge is 0.389 e. The van der Waals surface area contributed by atoms with E-state index in [9.17, 15) is 5.11 Å². The first-order valence-corrected chi connectivity index (χ1v) is 7.63. The molecule has 0 amide bonds. The summed E-state index contributed by atoms with van der Waals surface area (Å²) >= 11 is 4.56. The van der Waals surface area contributed by atoms with E-state index < -0.39 is 6.10 Å². The van der Waals surface area contributed by atoms with E-state index in [-0.39, 0.29) is 5.41 Å². The average molecular weight is 277 g/mol. The number of hydrogen-bond acceptors (Lipinski definition) is 4. The molecule has 0 bridgehead atoms. The number of nitrogens with zero attached hydrogens (tertiary/aromatic N) is 1. The molecule has 3 nitrogen and oxygen atoms in total. The fourth-order valence-corrected chi connectivity index (χ4v) is 3.21. The van der Waals surface area contributed by atoms with Crippen LogP contribution in [0.2, 0.25) is 0 Å². The Hall–Kier alpha value is 0.230. The summed E-state index contributed by atoms with van der Waals surface area (Å²) in [4.78, 5) is 2.21. The summed E-state index contributed by atoms with van der Waals surface area (Å²) in [7, 11) is 3.69. The van der Waals surface area contributed by atoms with Crippen molar-refractivity contribution in [3.8, 4) is 0 Å². The zero-order valence-electron chi connectivity index (χ0n) is 12.5. The molecule has 1 atom stereocenters. The molecule has 0 aromatic carbocycles. The Morgan fingerprint density at radius 1 is 1.28 bits per heavy atom. The van der Waals surface area contributed by atoms with Crippen molar-refractivity contribution in [2.75, 3.05) is 39.6 Å². The third-order valence-electron chi connectivity index (χ3n) is 3.38. The van der Waals surface area contributed by atoms with Gasteiger partial charge < -0.3 is 14.7 Å². The Bertz CT molecular complexity index is 196. The van der Waals surface area contributed by atoms with Gasteiger partial charge in [0.2, 0.25) is 0 Å². The van der Waals surface area contributed by atoms with E-state index in [0.717, 1.165) is 12.3 Å². The van der Waals surface area contributed by atoms with Gasteiger partial charge in [0.05, 0.1) is 12.7 Å². The van der Waals surface area contributed by atoms with Gasteiger partial charge >= 0.3 is 0 Å². The van der Waals surface area contributed by atoms with Gasteiger partial charge in [-0.15, -0.1) is 0 Å². The third kappa shape index (κ3) is 6.98. The predicted octanol–water partition coefficient (Wildman–Crippen LogP) is 2.44. The quantitative estimate of drug-likeness (QED) is 0.569. The van der Waals surface area contributed by atoms with E-state index in [2.05, 4.69) is 38.4 Å². The molecule has 110 valence electrons. The molecule has 1 N–H and O–H groups in total. The second-order valence-electron chi connectivity index (χ2n) is 5.46. The second-order valence-corrected chi connectivity index (χ2v) is 5.78. The number of methoxy groups -OCH3 is 1. The average Bonchev–Trinajstić information content (AvgIpc) is 2.29. The van der Waals surface area contributed by atoms with E-state index in [0.29, 0.717) is 13.2 Å². The van der Waals surface area contributed by atoms with Gasteiger partial charge in [-0.25, -0.2) is 0 Å². The van der Waals surface area contributed by atoms with Crippen molar-refractivity contribution in [3.63, 3.8) is 0 Å². The smallest absolute Gasteiger partial charge is 0.0899 e. The Labute approximate surface area is 118 Å². The van der Waals surface area contributed by atoms with Gasteiger partial charge in [-0.1, -0.05) is 26.7 Å². The van der Waals surface area contributed by atoms with Crippen LogP contribution in [-0.2, 0) is 4.74 Å². The van der Waals surface area contributed by atoms with Gasteiger partial charge in [0.25, 0.3) is 0 Å². The van der Waals surface area contributed by atoms with Gasteiger partial charge in [0, 0.05) is 20.2 Å². The number of rotatable bonds is 11. The fourth-order valence-electron chi connectivity index (χ4n) is 2.79. The van der Waals surface area contributed by atoms with Crippen LogP contribution in [0.5, 0.6) is 0 Å². The fraction of sp³-hybridized carbons (Fsp3) is 1.00. The maximum absolute atomic E-state index is 9.76. The van der Waals surface area contributed by atoms with Gasteiger partial charge in [0.1, 0.15) is 0 Å². The molecule has 0 aromatic rings. The number of likely N-dealkylation sites (N-methyl/N-ethyl adjacent to an activating group) is 1. The standard InChI is InChI=1S/C14H31NO2S/c1-5-7-14(12-18,8-6-2)11-15(3)9-13(16)10-17-4/h13,16,18H,5-12H2,1-4H3. The van der Waals surface area contributed by atoms with Crippen LogP contribution in [0.1, 0.15) is 39.5 Å². The Kier molecular flexibility index (Phi) is 10.2. The molecule has 0 radical (unpaired) electrons. The van der Waals surface area contributed by atoms with Crippen LogP contribution in [0.25, 0.3) is 0 Å². The molecule has 0 saturated carbocycles. The molecule has 0 aliphatic heterocycles. The minimum absolute atomic E-state index is 0.286. The van der Waals surface area contributed by atoms with Crippen LogP contribution >= 0.6 is 12.6 Å². The molecule has 18 heavy (non-hydrogen) atoms. The van der Waals surface area contributed by atoms with E-state index in [1.807, 2.05) is 0 Å². The first kappa shape index (κ1) is 18.2. The minimum Gasteiger partial charge on any atom is -0.389 e. The molecule has 1 unspecified atom stereocenters. The molecule has 0 aliphatic rings. The normalized spacial score (nSPS) is 14.2. The van der Waals surface area contributed by atoms with Crippen LogP contribution in [0.15, 0.2) is 0 Å². The lowest BCUT2D eigenvalue weighted by molar-refractivity contribution is 0.0333. The first-order chi connectivity index (χ1) is 8.53. The zero-order chi connectivity index (χ0) is 14.0. The molecular weight excluding hydrogens is 246 g/mol.